The molecule has 94 valence electrons. The van der Waals surface area contributed by atoms with Crippen molar-refractivity contribution in [2.75, 3.05) is 11.9 Å². The van der Waals surface area contributed by atoms with Crippen LogP contribution in [-0.4, -0.2) is 33.8 Å². The molecule has 0 radical (unpaired) electrons. The van der Waals surface area contributed by atoms with E-state index in [1.165, 1.54) is 0 Å². The lowest BCUT2D eigenvalue weighted by Crippen LogP contribution is -2.38. The van der Waals surface area contributed by atoms with Crippen LogP contribution < -0.4 is 10.6 Å². The molecule has 17 heavy (non-hydrogen) atoms. The molecular weight excluding hydrogens is 251 g/mol. The van der Waals surface area contributed by atoms with Crippen LogP contribution in [0.1, 0.15) is 13.3 Å². The Morgan fingerprint density at radius 1 is 1.71 bits per heavy atom. The van der Waals surface area contributed by atoms with Gasteiger partial charge in [-0.1, -0.05) is 6.92 Å². The number of amides is 1. The molecule has 1 rings (SSSR count). The number of nitrogens with one attached hydrogen (secondary N) is 2. The van der Waals surface area contributed by atoms with E-state index in [-0.39, 0.29) is 23.7 Å². The highest BCUT2D eigenvalue weighted by Crippen LogP contribution is 2.11. The summed E-state index contributed by atoms with van der Waals surface area (Å²) < 4.78 is 13.2. The van der Waals surface area contributed by atoms with Gasteiger partial charge >= 0.3 is 6.09 Å². The summed E-state index contributed by atoms with van der Waals surface area (Å²) in [5.74, 6) is -0.685. The number of rotatable bonds is 5. The zero-order valence-corrected chi connectivity index (χ0v) is 9.83. The molecule has 0 aliphatic carbocycles. The van der Waals surface area contributed by atoms with Crippen molar-refractivity contribution in [3.05, 3.63) is 17.3 Å². The summed E-state index contributed by atoms with van der Waals surface area (Å²) in [6, 6.07) is -0.333. The summed E-state index contributed by atoms with van der Waals surface area (Å²) in [4.78, 5) is 17.6. The monoisotopic (exact) mass is 262 g/mol. The zero-order chi connectivity index (χ0) is 12.8. The summed E-state index contributed by atoms with van der Waals surface area (Å²) in [7, 11) is 0. The van der Waals surface area contributed by atoms with Gasteiger partial charge in [-0.15, -0.1) is 0 Å². The lowest BCUT2D eigenvalue weighted by molar-refractivity contribution is 0.190. The molecule has 0 saturated carbocycles. The molecule has 0 aliphatic heterocycles. The SMILES string of the molecule is CCC(CNc1nc(Cl)ncc1F)NC(=O)O. The first-order chi connectivity index (χ1) is 8.02. The Kier molecular flexibility index (Phi) is 4.89. The van der Waals surface area contributed by atoms with Crippen LogP contribution >= 0.6 is 11.6 Å². The number of halogens is 2. The van der Waals surface area contributed by atoms with E-state index in [0.29, 0.717) is 6.42 Å². The van der Waals surface area contributed by atoms with Gasteiger partial charge in [-0.25, -0.2) is 14.2 Å². The van der Waals surface area contributed by atoms with Crippen molar-refractivity contribution in [1.29, 1.82) is 0 Å². The first-order valence-corrected chi connectivity index (χ1v) is 5.32. The van der Waals surface area contributed by atoms with Gasteiger partial charge in [0.2, 0.25) is 5.28 Å². The average Bonchev–Trinajstić information content (AvgIpc) is 2.28. The molecule has 0 fully saturated rings. The standard InChI is InChI=1S/C9H12ClFN4O2/c1-2-5(14-9(16)17)3-12-7-6(11)4-13-8(10)15-7/h4-5,14H,2-3H2,1H3,(H,16,17)(H,12,13,15). The van der Waals surface area contributed by atoms with Crippen LogP contribution in [0.3, 0.4) is 0 Å². The normalized spacial score (nSPS) is 11.9. The van der Waals surface area contributed by atoms with Crippen molar-refractivity contribution in [3.63, 3.8) is 0 Å². The first kappa shape index (κ1) is 13.4. The van der Waals surface area contributed by atoms with Crippen LogP contribution in [0.5, 0.6) is 0 Å². The lowest BCUT2D eigenvalue weighted by atomic mass is 10.2. The highest BCUT2D eigenvalue weighted by Gasteiger charge is 2.11. The van der Waals surface area contributed by atoms with Gasteiger partial charge in [0, 0.05) is 12.6 Å². The largest absolute Gasteiger partial charge is 0.465 e. The second-order valence-electron chi connectivity index (χ2n) is 3.27. The third kappa shape index (κ3) is 4.39. The fourth-order valence-electron chi connectivity index (χ4n) is 1.16. The second kappa shape index (κ2) is 6.19. The Hall–Kier alpha value is -1.63. The Morgan fingerprint density at radius 2 is 2.41 bits per heavy atom. The van der Waals surface area contributed by atoms with E-state index >= 15 is 0 Å². The fourth-order valence-corrected chi connectivity index (χ4v) is 1.29. The molecule has 0 aromatic carbocycles. The molecule has 1 amide bonds. The van der Waals surface area contributed by atoms with Gasteiger partial charge in [-0.3, -0.25) is 0 Å². The van der Waals surface area contributed by atoms with Crippen LogP contribution in [0, 0.1) is 5.82 Å². The maximum atomic E-state index is 13.2. The van der Waals surface area contributed by atoms with Crippen LogP contribution in [0.25, 0.3) is 0 Å². The quantitative estimate of drug-likeness (QED) is 0.704. The molecule has 0 spiro atoms. The first-order valence-electron chi connectivity index (χ1n) is 4.94. The number of carbonyl (C=O) groups is 1. The van der Waals surface area contributed by atoms with E-state index in [4.69, 9.17) is 16.7 Å². The molecule has 8 heteroatoms. The molecule has 0 saturated heterocycles. The van der Waals surface area contributed by atoms with Gasteiger partial charge in [0.05, 0.1) is 6.20 Å². The summed E-state index contributed by atoms with van der Waals surface area (Å²) >= 11 is 5.51. The maximum Gasteiger partial charge on any atom is 0.404 e. The third-order valence-electron chi connectivity index (χ3n) is 2.05. The highest BCUT2D eigenvalue weighted by atomic mass is 35.5. The van der Waals surface area contributed by atoms with Gasteiger partial charge in [-0.2, -0.15) is 4.98 Å². The molecule has 3 N–H and O–H groups in total. The van der Waals surface area contributed by atoms with E-state index in [1.807, 2.05) is 6.92 Å². The molecule has 0 bridgehead atoms. The van der Waals surface area contributed by atoms with Crippen LogP contribution in [0.15, 0.2) is 6.20 Å². The number of nitrogens with zero attached hydrogens (tertiary/aromatic N) is 2. The predicted octanol–water partition coefficient (Wildman–Crippen LogP) is 1.73. The molecule has 1 unspecified atom stereocenters. The number of carboxylic acid groups (broad SMARTS) is 1. The number of hydrogen-bond acceptors (Lipinski definition) is 4. The molecule has 1 aromatic heterocycles. The van der Waals surface area contributed by atoms with Crippen molar-refractivity contribution in [1.82, 2.24) is 15.3 Å². The predicted molar refractivity (Wildman–Crippen MR) is 60.7 cm³/mol. The molecule has 0 aliphatic rings. The van der Waals surface area contributed by atoms with Crippen molar-refractivity contribution in [2.24, 2.45) is 0 Å². The zero-order valence-electron chi connectivity index (χ0n) is 9.07. The topological polar surface area (TPSA) is 87.1 Å². The maximum absolute atomic E-state index is 13.2. The van der Waals surface area contributed by atoms with E-state index < -0.39 is 11.9 Å². The molecule has 6 nitrogen and oxygen atoms in total. The van der Waals surface area contributed by atoms with Gasteiger partial charge in [-0.05, 0) is 18.0 Å². The highest BCUT2D eigenvalue weighted by molar-refractivity contribution is 6.28. The third-order valence-corrected chi connectivity index (χ3v) is 2.23. The van der Waals surface area contributed by atoms with Crippen molar-refractivity contribution < 1.29 is 14.3 Å². The van der Waals surface area contributed by atoms with Gasteiger partial charge < -0.3 is 15.7 Å². The Labute approximate surface area is 102 Å². The molecule has 1 atom stereocenters. The van der Waals surface area contributed by atoms with Crippen LogP contribution in [0.2, 0.25) is 5.28 Å². The van der Waals surface area contributed by atoms with E-state index in [0.717, 1.165) is 6.20 Å². The van der Waals surface area contributed by atoms with E-state index in [1.54, 1.807) is 0 Å². The van der Waals surface area contributed by atoms with Crippen LogP contribution in [-0.2, 0) is 0 Å². The molecule has 1 aromatic rings. The summed E-state index contributed by atoms with van der Waals surface area (Å²) in [5.41, 5.74) is 0. The van der Waals surface area contributed by atoms with Gasteiger partial charge in [0.1, 0.15) is 0 Å². The van der Waals surface area contributed by atoms with Gasteiger partial charge in [0.15, 0.2) is 11.6 Å². The minimum Gasteiger partial charge on any atom is -0.465 e. The van der Waals surface area contributed by atoms with Crippen LogP contribution in [0.4, 0.5) is 15.0 Å². The smallest absolute Gasteiger partial charge is 0.404 e. The minimum atomic E-state index is -1.13. The summed E-state index contributed by atoms with van der Waals surface area (Å²) in [6.07, 6.45) is 0.392. The molecular formula is C9H12ClFN4O2. The Bertz CT molecular complexity index is 405. The fraction of sp³-hybridized carbons (Fsp3) is 0.444. The average molecular weight is 263 g/mol. The second-order valence-corrected chi connectivity index (χ2v) is 3.61. The number of hydrogen-bond donors (Lipinski definition) is 3. The van der Waals surface area contributed by atoms with E-state index in [2.05, 4.69) is 20.6 Å². The van der Waals surface area contributed by atoms with Crippen molar-refractivity contribution in [2.45, 2.75) is 19.4 Å². The summed E-state index contributed by atoms with van der Waals surface area (Å²) in [6.45, 7) is 2.03. The van der Waals surface area contributed by atoms with E-state index in [9.17, 15) is 9.18 Å². The van der Waals surface area contributed by atoms with Crippen molar-refractivity contribution >= 4 is 23.5 Å². The van der Waals surface area contributed by atoms with Crippen molar-refractivity contribution in [3.8, 4) is 0 Å². The Balaban J connectivity index is 2.59. The summed E-state index contributed by atoms with van der Waals surface area (Å²) in [5, 5.41) is 13.4. The molecule has 1 heterocycles. The lowest BCUT2D eigenvalue weighted by Gasteiger charge is -2.15. The number of anilines is 1. The minimum absolute atomic E-state index is 0.0457. The number of aromatic nitrogens is 2. The van der Waals surface area contributed by atoms with Gasteiger partial charge in [0.25, 0.3) is 0 Å². The Morgan fingerprint density at radius 3 is 3.00 bits per heavy atom.